The molecule has 7 nitrogen and oxygen atoms in total. The lowest BCUT2D eigenvalue weighted by molar-refractivity contribution is 0.0942. The lowest BCUT2D eigenvalue weighted by Gasteiger charge is -2.31. The minimum absolute atomic E-state index is 0.130. The van der Waals surface area contributed by atoms with Crippen LogP contribution in [0.2, 0.25) is 0 Å². The molecule has 1 saturated heterocycles. The molecule has 0 radical (unpaired) electrons. The van der Waals surface area contributed by atoms with Gasteiger partial charge in [-0.2, -0.15) is 4.31 Å². The zero-order valence-corrected chi connectivity index (χ0v) is 20.2. The number of hydrogen-bond acceptors (Lipinski definition) is 5. The molecule has 1 heterocycles. The fourth-order valence-corrected chi connectivity index (χ4v) is 5.46. The standard InChI is InChI=1S/C26H29N3O4S/c1-28-15-17-29(18-16-28)34(31,32)24-10-6-9-22(19-24)26(30)27-25(20-7-4-3-5-8-20)21-11-13-23(33-2)14-12-21/h3-14,19,25H,15-18H2,1-2H3,(H,27,30). The number of likely N-dealkylation sites (N-methyl/N-ethyl adjacent to an activating group) is 1. The molecule has 1 aliphatic rings. The van der Waals surface area contributed by atoms with Crippen molar-refractivity contribution in [3.63, 3.8) is 0 Å². The Labute approximate surface area is 201 Å². The molecule has 0 bridgehead atoms. The Balaban J connectivity index is 1.59. The number of rotatable bonds is 7. The Morgan fingerprint density at radius 1 is 0.882 bits per heavy atom. The van der Waals surface area contributed by atoms with Gasteiger partial charge >= 0.3 is 0 Å². The second-order valence-corrected chi connectivity index (χ2v) is 10.3. The number of methoxy groups -OCH3 is 1. The van der Waals surface area contributed by atoms with Crippen molar-refractivity contribution in [3.8, 4) is 5.75 Å². The van der Waals surface area contributed by atoms with Gasteiger partial charge in [-0.15, -0.1) is 0 Å². The summed E-state index contributed by atoms with van der Waals surface area (Å²) >= 11 is 0. The molecule has 4 rings (SSSR count). The molecule has 0 saturated carbocycles. The van der Waals surface area contributed by atoms with Gasteiger partial charge in [-0.05, 0) is 48.5 Å². The number of piperazine rings is 1. The third kappa shape index (κ3) is 5.30. The average Bonchev–Trinajstić information content (AvgIpc) is 2.88. The van der Waals surface area contributed by atoms with Crippen LogP contribution >= 0.6 is 0 Å². The zero-order chi connectivity index (χ0) is 24.1. The van der Waals surface area contributed by atoms with Crippen molar-refractivity contribution < 1.29 is 17.9 Å². The maximum Gasteiger partial charge on any atom is 0.252 e. The van der Waals surface area contributed by atoms with Gasteiger partial charge in [-0.1, -0.05) is 48.5 Å². The van der Waals surface area contributed by atoms with E-state index < -0.39 is 16.1 Å². The smallest absolute Gasteiger partial charge is 0.252 e. The Hall–Kier alpha value is -3.20. The molecule has 0 aliphatic carbocycles. The first-order valence-corrected chi connectivity index (χ1v) is 12.6. The third-order valence-corrected chi connectivity index (χ3v) is 7.95. The second-order valence-electron chi connectivity index (χ2n) is 8.33. The predicted molar refractivity (Wildman–Crippen MR) is 131 cm³/mol. The number of amides is 1. The highest BCUT2D eigenvalue weighted by Gasteiger charge is 2.28. The van der Waals surface area contributed by atoms with E-state index in [1.807, 2.05) is 61.6 Å². The molecule has 0 spiro atoms. The summed E-state index contributed by atoms with van der Waals surface area (Å²) in [5.74, 6) is 0.379. The number of nitrogens with zero attached hydrogens (tertiary/aromatic N) is 2. The number of nitrogens with one attached hydrogen (secondary N) is 1. The summed E-state index contributed by atoms with van der Waals surface area (Å²) in [5, 5.41) is 3.07. The lowest BCUT2D eigenvalue weighted by Crippen LogP contribution is -2.47. The fourth-order valence-electron chi connectivity index (χ4n) is 3.99. The number of benzene rings is 3. The monoisotopic (exact) mass is 479 g/mol. The molecule has 0 aromatic heterocycles. The Bertz CT molecular complexity index is 1220. The van der Waals surface area contributed by atoms with Gasteiger partial charge < -0.3 is 15.0 Å². The van der Waals surface area contributed by atoms with Crippen LogP contribution < -0.4 is 10.1 Å². The zero-order valence-electron chi connectivity index (χ0n) is 19.3. The molecule has 3 aromatic carbocycles. The van der Waals surface area contributed by atoms with Gasteiger partial charge in [0.25, 0.3) is 5.91 Å². The van der Waals surface area contributed by atoms with Gasteiger partial charge in [0, 0.05) is 31.7 Å². The number of carbonyl (C=O) groups is 1. The van der Waals surface area contributed by atoms with E-state index in [9.17, 15) is 13.2 Å². The normalized spacial score (nSPS) is 16.1. The highest BCUT2D eigenvalue weighted by Crippen LogP contribution is 2.25. The lowest BCUT2D eigenvalue weighted by atomic mass is 9.98. The van der Waals surface area contributed by atoms with Crippen molar-refractivity contribution in [3.05, 3.63) is 95.6 Å². The van der Waals surface area contributed by atoms with Crippen LogP contribution in [-0.4, -0.2) is 63.9 Å². The number of hydrogen-bond donors (Lipinski definition) is 1. The first kappa shape index (κ1) is 23.9. The fraction of sp³-hybridized carbons (Fsp3) is 0.269. The van der Waals surface area contributed by atoms with Gasteiger partial charge in [-0.25, -0.2) is 8.42 Å². The summed E-state index contributed by atoms with van der Waals surface area (Å²) in [5.41, 5.74) is 2.11. The van der Waals surface area contributed by atoms with Crippen LogP contribution in [0.4, 0.5) is 0 Å². The number of sulfonamides is 1. The number of ether oxygens (including phenoxy) is 1. The Kier molecular flexibility index (Phi) is 7.31. The van der Waals surface area contributed by atoms with E-state index in [0.29, 0.717) is 31.7 Å². The molecule has 1 unspecified atom stereocenters. The largest absolute Gasteiger partial charge is 0.497 e. The van der Waals surface area contributed by atoms with E-state index in [0.717, 1.165) is 16.9 Å². The van der Waals surface area contributed by atoms with Crippen molar-refractivity contribution in [2.75, 3.05) is 40.3 Å². The van der Waals surface area contributed by atoms with E-state index in [1.165, 1.54) is 10.4 Å². The topological polar surface area (TPSA) is 78.9 Å². The first-order valence-electron chi connectivity index (χ1n) is 11.2. The highest BCUT2D eigenvalue weighted by atomic mass is 32.2. The molecule has 178 valence electrons. The van der Waals surface area contributed by atoms with E-state index in [1.54, 1.807) is 25.3 Å². The van der Waals surface area contributed by atoms with Gasteiger partial charge in [0.1, 0.15) is 5.75 Å². The second kappa shape index (κ2) is 10.4. The molecule has 1 fully saturated rings. The van der Waals surface area contributed by atoms with Crippen LogP contribution in [-0.2, 0) is 10.0 Å². The Morgan fingerprint density at radius 3 is 2.18 bits per heavy atom. The molecule has 8 heteroatoms. The molecule has 34 heavy (non-hydrogen) atoms. The van der Waals surface area contributed by atoms with Gasteiger partial charge in [0.2, 0.25) is 10.0 Å². The van der Waals surface area contributed by atoms with Crippen LogP contribution in [0.1, 0.15) is 27.5 Å². The van der Waals surface area contributed by atoms with Crippen molar-refractivity contribution in [2.24, 2.45) is 0 Å². The highest BCUT2D eigenvalue weighted by molar-refractivity contribution is 7.89. The first-order chi connectivity index (χ1) is 16.4. The van der Waals surface area contributed by atoms with Crippen LogP contribution in [0, 0.1) is 0 Å². The van der Waals surface area contributed by atoms with Crippen molar-refractivity contribution in [1.82, 2.24) is 14.5 Å². The SMILES string of the molecule is COc1ccc(C(NC(=O)c2cccc(S(=O)(=O)N3CCN(C)CC3)c2)c2ccccc2)cc1. The predicted octanol–water partition coefficient (Wildman–Crippen LogP) is 3.15. The maximum absolute atomic E-state index is 13.3. The van der Waals surface area contributed by atoms with Gasteiger partial charge in [0.05, 0.1) is 18.0 Å². The van der Waals surface area contributed by atoms with Crippen LogP contribution in [0.3, 0.4) is 0 Å². The van der Waals surface area contributed by atoms with Gasteiger partial charge in [0.15, 0.2) is 0 Å². The molecular weight excluding hydrogens is 450 g/mol. The van der Waals surface area contributed by atoms with E-state index in [4.69, 9.17) is 4.74 Å². The quantitative estimate of drug-likeness (QED) is 0.563. The number of carbonyl (C=O) groups excluding carboxylic acids is 1. The third-order valence-electron chi connectivity index (χ3n) is 6.05. The summed E-state index contributed by atoms with van der Waals surface area (Å²) in [6, 6.07) is 23.0. The van der Waals surface area contributed by atoms with Crippen LogP contribution in [0.25, 0.3) is 0 Å². The van der Waals surface area contributed by atoms with Crippen LogP contribution in [0.15, 0.2) is 83.8 Å². The van der Waals surface area contributed by atoms with E-state index in [-0.39, 0.29) is 10.8 Å². The minimum atomic E-state index is -3.67. The van der Waals surface area contributed by atoms with Crippen molar-refractivity contribution in [2.45, 2.75) is 10.9 Å². The average molecular weight is 480 g/mol. The summed E-state index contributed by atoms with van der Waals surface area (Å²) in [7, 11) is -0.0903. The van der Waals surface area contributed by atoms with Crippen molar-refractivity contribution in [1.29, 1.82) is 0 Å². The Morgan fingerprint density at radius 2 is 1.53 bits per heavy atom. The molecule has 1 atom stereocenters. The maximum atomic E-state index is 13.3. The summed E-state index contributed by atoms with van der Waals surface area (Å²) in [6.45, 7) is 2.23. The van der Waals surface area contributed by atoms with Crippen molar-refractivity contribution >= 4 is 15.9 Å². The van der Waals surface area contributed by atoms with E-state index >= 15 is 0 Å². The molecular formula is C26H29N3O4S. The molecule has 3 aromatic rings. The van der Waals surface area contributed by atoms with E-state index in [2.05, 4.69) is 10.2 Å². The minimum Gasteiger partial charge on any atom is -0.497 e. The summed E-state index contributed by atoms with van der Waals surface area (Å²) < 4.78 is 33.1. The van der Waals surface area contributed by atoms with Gasteiger partial charge in [-0.3, -0.25) is 4.79 Å². The van der Waals surface area contributed by atoms with Crippen LogP contribution in [0.5, 0.6) is 5.75 Å². The molecule has 1 N–H and O–H groups in total. The molecule has 1 amide bonds. The summed E-state index contributed by atoms with van der Waals surface area (Å²) in [4.78, 5) is 15.5. The summed E-state index contributed by atoms with van der Waals surface area (Å²) in [6.07, 6.45) is 0. The molecule has 1 aliphatic heterocycles.